The van der Waals surface area contributed by atoms with Gasteiger partial charge in [0.25, 0.3) is 11.8 Å². The average molecular weight is 396 g/mol. The van der Waals surface area contributed by atoms with Crippen LogP contribution in [0.15, 0.2) is 48.9 Å². The van der Waals surface area contributed by atoms with Crippen LogP contribution >= 0.6 is 11.6 Å². The molecule has 1 aromatic carbocycles. The summed E-state index contributed by atoms with van der Waals surface area (Å²) in [7, 11) is 0. The van der Waals surface area contributed by atoms with E-state index in [2.05, 4.69) is 22.2 Å². The number of hydrogen-bond acceptors (Lipinski definition) is 4. The molecule has 0 atom stereocenters. The summed E-state index contributed by atoms with van der Waals surface area (Å²) in [6.45, 7) is 3.45. The summed E-state index contributed by atoms with van der Waals surface area (Å²) < 4.78 is 31.9. The quantitative estimate of drug-likeness (QED) is 0.720. The number of rotatable bonds is 8. The van der Waals surface area contributed by atoms with Crippen molar-refractivity contribution in [1.82, 2.24) is 15.6 Å². The zero-order valence-electron chi connectivity index (χ0n) is 14.1. The number of carbonyl (C=O) groups is 2. The molecule has 2 aromatic rings. The first kappa shape index (κ1) is 20.3. The Morgan fingerprint density at radius 2 is 2.00 bits per heavy atom. The topological polar surface area (TPSA) is 80.3 Å². The SMILES string of the molecule is C=C(CCNC(=O)c1ccncc1F)NC(=O)COc1ccc(Cl)c(F)c1. The van der Waals surface area contributed by atoms with E-state index in [0.717, 1.165) is 12.3 Å². The normalized spacial score (nSPS) is 10.2. The minimum atomic E-state index is -0.724. The van der Waals surface area contributed by atoms with Gasteiger partial charge in [0.15, 0.2) is 12.4 Å². The van der Waals surface area contributed by atoms with Crippen LogP contribution in [0.5, 0.6) is 5.75 Å². The maximum Gasteiger partial charge on any atom is 0.262 e. The van der Waals surface area contributed by atoms with Gasteiger partial charge in [-0.1, -0.05) is 18.2 Å². The average Bonchev–Trinajstić information content (AvgIpc) is 2.63. The Morgan fingerprint density at radius 1 is 1.22 bits per heavy atom. The third kappa shape index (κ3) is 6.34. The fourth-order valence-corrected chi connectivity index (χ4v) is 2.11. The number of carbonyl (C=O) groups excluding carboxylic acids is 2. The molecule has 0 aliphatic heterocycles. The molecule has 27 heavy (non-hydrogen) atoms. The second-order valence-electron chi connectivity index (χ2n) is 5.38. The molecule has 0 unspecified atom stereocenters. The number of benzene rings is 1. The van der Waals surface area contributed by atoms with E-state index >= 15 is 0 Å². The summed E-state index contributed by atoms with van der Waals surface area (Å²) >= 11 is 5.56. The van der Waals surface area contributed by atoms with Gasteiger partial charge >= 0.3 is 0 Å². The van der Waals surface area contributed by atoms with Crippen molar-refractivity contribution >= 4 is 23.4 Å². The lowest BCUT2D eigenvalue weighted by molar-refractivity contribution is -0.122. The van der Waals surface area contributed by atoms with Gasteiger partial charge in [0.05, 0.1) is 16.8 Å². The van der Waals surface area contributed by atoms with Crippen LogP contribution in [0, 0.1) is 11.6 Å². The summed E-state index contributed by atoms with van der Waals surface area (Å²) in [6, 6.07) is 5.08. The van der Waals surface area contributed by atoms with Gasteiger partial charge in [-0.05, 0) is 18.2 Å². The fourth-order valence-electron chi connectivity index (χ4n) is 1.99. The largest absolute Gasteiger partial charge is 0.484 e. The second-order valence-corrected chi connectivity index (χ2v) is 5.78. The highest BCUT2D eigenvalue weighted by Crippen LogP contribution is 2.20. The monoisotopic (exact) mass is 395 g/mol. The number of halogens is 3. The first-order chi connectivity index (χ1) is 12.9. The van der Waals surface area contributed by atoms with Crippen molar-refractivity contribution in [3.63, 3.8) is 0 Å². The van der Waals surface area contributed by atoms with Gasteiger partial charge in [-0.25, -0.2) is 8.78 Å². The number of amides is 2. The van der Waals surface area contributed by atoms with Gasteiger partial charge in [-0.3, -0.25) is 14.6 Å². The van der Waals surface area contributed by atoms with Gasteiger partial charge in [-0.15, -0.1) is 0 Å². The molecule has 1 heterocycles. The molecule has 0 aliphatic rings. The molecule has 0 saturated heterocycles. The molecule has 2 amide bonds. The van der Waals surface area contributed by atoms with E-state index < -0.39 is 23.4 Å². The molecule has 2 rings (SSSR count). The Morgan fingerprint density at radius 3 is 2.70 bits per heavy atom. The minimum Gasteiger partial charge on any atom is -0.484 e. The highest BCUT2D eigenvalue weighted by Gasteiger charge is 2.11. The van der Waals surface area contributed by atoms with Crippen molar-refractivity contribution < 1.29 is 23.1 Å². The van der Waals surface area contributed by atoms with Crippen LogP contribution in [-0.4, -0.2) is 29.9 Å². The zero-order chi connectivity index (χ0) is 19.8. The fraction of sp³-hybridized carbons (Fsp3) is 0.167. The molecule has 0 fully saturated rings. The number of aromatic nitrogens is 1. The van der Waals surface area contributed by atoms with E-state index in [9.17, 15) is 18.4 Å². The summed E-state index contributed by atoms with van der Waals surface area (Å²) in [5.41, 5.74) is 0.213. The van der Waals surface area contributed by atoms with Crippen molar-refractivity contribution in [3.8, 4) is 5.75 Å². The predicted octanol–water partition coefficient (Wildman–Crippen LogP) is 2.84. The standard InChI is InChI=1S/C18H16ClF2N3O3/c1-11(4-7-23-18(26)13-5-6-22-9-16(13)21)24-17(25)10-27-12-2-3-14(19)15(20)8-12/h2-3,5-6,8-9H,1,4,7,10H2,(H,23,26)(H,24,25). The molecular formula is C18H16ClF2N3O3. The van der Waals surface area contributed by atoms with E-state index in [4.69, 9.17) is 16.3 Å². The van der Waals surface area contributed by atoms with E-state index in [1.165, 1.54) is 24.4 Å². The number of ether oxygens (including phenoxy) is 1. The summed E-state index contributed by atoms with van der Waals surface area (Å²) in [5, 5.41) is 4.95. The minimum absolute atomic E-state index is 0.0473. The molecular weight excluding hydrogens is 380 g/mol. The molecule has 0 radical (unpaired) electrons. The number of nitrogens with zero attached hydrogens (tertiary/aromatic N) is 1. The summed E-state index contributed by atoms with van der Waals surface area (Å²) in [6.07, 6.45) is 2.49. The lowest BCUT2D eigenvalue weighted by atomic mass is 10.2. The predicted molar refractivity (Wildman–Crippen MR) is 95.3 cm³/mol. The van der Waals surface area contributed by atoms with Crippen LogP contribution in [0.2, 0.25) is 5.02 Å². The maximum atomic E-state index is 13.4. The van der Waals surface area contributed by atoms with Crippen molar-refractivity contribution in [3.05, 3.63) is 71.2 Å². The maximum absolute atomic E-state index is 13.4. The molecule has 1 aromatic heterocycles. The van der Waals surface area contributed by atoms with Gasteiger partial charge < -0.3 is 15.4 Å². The van der Waals surface area contributed by atoms with Crippen molar-refractivity contribution in [2.75, 3.05) is 13.2 Å². The molecule has 0 spiro atoms. The lowest BCUT2D eigenvalue weighted by Crippen LogP contribution is -2.31. The molecule has 0 aliphatic carbocycles. The number of pyridine rings is 1. The van der Waals surface area contributed by atoms with E-state index in [-0.39, 0.29) is 35.9 Å². The second kappa shape index (κ2) is 9.63. The van der Waals surface area contributed by atoms with Crippen molar-refractivity contribution in [2.45, 2.75) is 6.42 Å². The van der Waals surface area contributed by atoms with Gasteiger partial charge in [0.1, 0.15) is 11.6 Å². The molecule has 6 nitrogen and oxygen atoms in total. The van der Waals surface area contributed by atoms with Gasteiger partial charge in [-0.2, -0.15) is 0 Å². The summed E-state index contributed by atoms with van der Waals surface area (Å²) in [4.78, 5) is 27.2. The molecule has 2 N–H and O–H groups in total. The van der Waals surface area contributed by atoms with Crippen LogP contribution in [-0.2, 0) is 4.79 Å². The van der Waals surface area contributed by atoms with Crippen molar-refractivity contribution in [1.29, 1.82) is 0 Å². The third-order valence-corrected chi connectivity index (χ3v) is 3.61. The van der Waals surface area contributed by atoms with E-state index in [1.54, 1.807) is 0 Å². The highest BCUT2D eigenvalue weighted by atomic mass is 35.5. The van der Waals surface area contributed by atoms with Crippen LogP contribution < -0.4 is 15.4 Å². The van der Waals surface area contributed by atoms with Crippen LogP contribution in [0.4, 0.5) is 8.78 Å². The van der Waals surface area contributed by atoms with Crippen LogP contribution in [0.3, 0.4) is 0 Å². The first-order valence-corrected chi connectivity index (χ1v) is 8.18. The Kier molecular flexibility index (Phi) is 7.25. The van der Waals surface area contributed by atoms with Gasteiger partial charge in [0, 0.05) is 30.9 Å². The number of nitrogens with one attached hydrogen (secondary N) is 2. The Hall–Kier alpha value is -3.00. The zero-order valence-corrected chi connectivity index (χ0v) is 14.9. The Bertz CT molecular complexity index is 861. The van der Waals surface area contributed by atoms with E-state index in [0.29, 0.717) is 5.70 Å². The van der Waals surface area contributed by atoms with Crippen LogP contribution in [0.25, 0.3) is 0 Å². The lowest BCUT2D eigenvalue weighted by Gasteiger charge is -2.11. The number of hydrogen-bond donors (Lipinski definition) is 2. The summed E-state index contributed by atoms with van der Waals surface area (Å²) in [5.74, 6) is -2.31. The molecule has 0 bridgehead atoms. The highest BCUT2D eigenvalue weighted by molar-refractivity contribution is 6.30. The molecule has 9 heteroatoms. The molecule has 142 valence electrons. The molecule has 0 saturated carbocycles. The van der Waals surface area contributed by atoms with Gasteiger partial charge in [0.2, 0.25) is 0 Å². The first-order valence-electron chi connectivity index (χ1n) is 7.80. The Labute approximate surface area is 159 Å². The third-order valence-electron chi connectivity index (χ3n) is 3.31. The smallest absolute Gasteiger partial charge is 0.262 e. The van der Waals surface area contributed by atoms with E-state index in [1.807, 2.05) is 0 Å². The van der Waals surface area contributed by atoms with Crippen molar-refractivity contribution in [2.24, 2.45) is 0 Å². The van der Waals surface area contributed by atoms with Crippen LogP contribution in [0.1, 0.15) is 16.8 Å². The Balaban J connectivity index is 1.70.